The second-order valence-corrected chi connectivity index (χ2v) is 4.06. The van der Waals surface area contributed by atoms with Crippen LogP contribution in [0.3, 0.4) is 0 Å². The van der Waals surface area contributed by atoms with Crippen molar-refractivity contribution in [1.29, 1.82) is 0 Å². The molecule has 0 amide bonds. The Hall–Kier alpha value is -2.18. The van der Waals surface area contributed by atoms with Gasteiger partial charge in [-0.25, -0.2) is 9.97 Å². The average molecular weight is 267 g/mol. The fraction of sp³-hybridized carbons (Fsp3) is 0.250. The number of rotatable bonds is 1. The third-order valence-corrected chi connectivity index (χ3v) is 2.81. The first-order chi connectivity index (χ1) is 9.05. The predicted octanol–water partition coefficient (Wildman–Crippen LogP) is 2.88. The van der Waals surface area contributed by atoms with Gasteiger partial charge in [0.05, 0.1) is 24.1 Å². The van der Waals surface area contributed by atoms with E-state index in [2.05, 4.69) is 15.0 Å². The Labute approximate surface area is 106 Å². The van der Waals surface area contributed by atoms with Crippen LogP contribution in [-0.2, 0) is 19.1 Å². The van der Waals surface area contributed by atoms with Crippen LogP contribution >= 0.6 is 0 Å². The van der Waals surface area contributed by atoms with Gasteiger partial charge in [0.1, 0.15) is 6.26 Å². The van der Waals surface area contributed by atoms with Gasteiger partial charge in [0.15, 0.2) is 11.5 Å². The Balaban J connectivity index is 2.20. The molecule has 0 bridgehead atoms. The van der Waals surface area contributed by atoms with Crippen molar-refractivity contribution in [2.24, 2.45) is 4.99 Å². The number of hydrogen-bond acceptors (Lipinski definition) is 4. The van der Waals surface area contributed by atoms with E-state index in [-0.39, 0.29) is 24.4 Å². The highest BCUT2D eigenvalue weighted by Gasteiger charge is 2.37. The molecule has 3 heterocycles. The Bertz CT molecular complexity index is 632. The third kappa shape index (κ3) is 2.11. The SMILES string of the molecule is FC(F)(F)c1nc(-c2ccoc2)nc2c1CC=NC2. The molecule has 7 heteroatoms. The highest BCUT2D eigenvalue weighted by molar-refractivity contribution is 5.66. The van der Waals surface area contributed by atoms with E-state index in [9.17, 15) is 13.2 Å². The van der Waals surface area contributed by atoms with Gasteiger partial charge in [0, 0.05) is 18.2 Å². The van der Waals surface area contributed by atoms with Crippen LogP contribution in [0.4, 0.5) is 13.2 Å². The standard InChI is InChI=1S/C12H8F3N3O/c13-12(14,15)10-8-1-3-16-5-9(8)17-11(18-10)7-2-4-19-6-7/h2-4,6H,1,5H2. The van der Waals surface area contributed by atoms with Crippen LogP contribution in [0.5, 0.6) is 0 Å². The van der Waals surface area contributed by atoms with E-state index in [1.54, 1.807) is 0 Å². The summed E-state index contributed by atoms with van der Waals surface area (Å²) >= 11 is 0. The second-order valence-electron chi connectivity index (χ2n) is 4.06. The van der Waals surface area contributed by atoms with Gasteiger partial charge in [0.25, 0.3) is 0 Å². The Morgan fingerprint density at radius 3 is 2.74 bits per heavy atom. The predicted molar refractivity (Wildman–Crippen MR) is 60.6 cm³/mol. The zero-order valence-corrected chi connectivity index (χ0v) is 9.61. The molecular formula is C12H8F3N3O. The van der Waals surface area contributed by atoms with E-state index < -0.39 is 11.9 Å². The lowest BCUT2D eigenvalue weighted by Gasteiger charge is -2.17. The first-order valence-electron chi connectivity index (χ1n) is 5.53. The summed E-state index contributed by atoms with van der Waals surface area (Å²) in [6.45, 7) is 0.145. The van der Waals surface area contributed by atoms with Crippen LogP contribution in [0, 0.1) is 0 Å². The van der Waals surface area contributed by atoms with E-state index in [0.29, 0.717) is 11.3 Å². The lowest BCUT2D eigenvalue weighted by Crippen LogP contribution is -2.18. The van der Waals surface area contributed by atoms with Crippen molar-refractivity contribution in [3.63, 3.8) is 0 Å². The highest BCUT2D eigenvalue weighted by atomic mass is 19.4. The van der Waals surface area contributed by atoms with Gasteiger partial charge in [-0.05, 0) is 6.07 Å². The lowest BCUT2D eigenvalue weighted by molar-refractivity contribution is -0.141. The minimum absolute atomic E-state index is 0.0110. The summed E-state index contributed by atoms with van der Waals surface area (Å²) in [5.74, 6) is 0.0110. The maximum atomic E-state index is 13.0. The molecular weight excluding hydrogens is 259 g/mol. The number of hydrogen-bond donors (Lipinski definition) is 0. The van der Waals surface area contributed by atoms with Crippen molar-refractivity contribution in [3.8, 4) is 11.4 Å². The molecule has 1 aliphatic rings. The first-order valence-corrected chi connectivity index (χ1v) is 5.53. The van der Waals surface area contributed by atoms with Crippen LogP contribution in [0.15, 0.2) is 28.0 Å². The number of aromatic nitrogens is 2. The molecule has 0 spiro atoms. The first kappa shape index (κ1) is 11.9. The number of furan rings is 1. The molecule has 0 saturated heterocycles. The fourth-order valence-electron chi connectivity index (χ4n) is 1.94. The normalized spacial score (nSPS) is 14.5. The zero-order valence-electron chi connectivity index (χ0n) is 9.61. The van der Waals surface area contributed by atoms with Crippen molar-refractivity contribution >= 4 is 6.21 Å². The molecule has 0 atom stereocenters. The molecule has 0 unspecified atom stereocenters. The fourth-order valence-corrected chi connectivity index (χ4v) is 1.94. The van der Waals surface area contributed by atoms with Gasteiger partial charge in [-0.1, -0.05) is 0 Å². The molecule has 0 aromatic carbocycles. The second kappa shape index (κ2) is 4.18. The monoisotopic (exact) mass is 267 g/mol. The smallest absolute Gasteiger partial charge is 0.433 e. The van der Waals surface area contributed by atoms with E-state index in [0.717, 1.165) is 0 Å². The van der Waals surface area contributed by atoms with E-state index in [1.807, 2.05) is 0 Å². The van der Waals surface area contributed by atoms with E-state index in [1.165, 1.54) is 24.8 Å². The number of halogens is 3. The maximum absolute atomic E-state index is 13.0. The van der Waals surface area contributed by atoms with E-state index in [4.69, 9.17) is 4.42 Å². The number of alkyl halides is 3. The van der Waals surface area contributed by atoms with Crippen LogP contribution in [-0.4, -0.2) is 16.2 Å². The van der Waals surface area contributed by atoms with Crippen molar-refractivity contribution in [2.45, 2.75) is 19.1 Å². The summed E-state index contributed by atoms with van der Waals surface area (Å²) < 4.78 is 44.0. The molecule has 0 saturated carbocycles. The van der Waals surface area contributed by atoms with Gasteiger partial charge in [-0.3, -0.25) is 4.99 Å². The molecule has 0 radical (unpaired) electrons. The lowest BCUT2D eigenvalue weighted by atomic mass is 10.1. The van der Waals surface area contributed by atoms with Gasteiger partial charge >= 0.3 is 6.18 Å². The van der Waals surface area contributed by atoms with Crippen molar-refractivity contribution in [1.82, 2.24) is 9.97 Å². The van der Waals surface area contributed by atoms with Gasteiger partial charge in [-0.15, -0.1) is 0 Å². The average Bonchev–Trinajstić information content (AvgIpc) is 2.90. The molecule has 2 aromatic rings. The number of aliphatic imine (C=N–C) groups is 1. The minimum Gasteiger partial charge on any atom is -0.472 e. The quantitative estimate of drug-likeness (QED) is 0.798. The number of nitrogens with zero attached hydrogens (tertiary/aromatic N) is 3. The zero-order chi connectivity index (χ0) is 13.5. The Kier molecular flexibility index (Phi) is 2.62. The third-order valence-electron chi connectivity index (χ3n) is 2.81. The topological polar surface area (TPSA) is 51.3 Å². The molecule has 1 aliphatic heterocycles. The van der Waals surface area contributed by atoms with Crippen LogP contribution in [0.1, 0.15) is 17.0 Å². The number of fused-ring (bicyclic) bond motifs is 1. The molecule has 0 fully saturated rings. The van der Waals surface area contributed by atoms with Crippen molar-refractivity contribution < 1.29 is 17.6 Å². The van der Waals surface area contributed by atoms with Gasteiger partial charge in [0.2, 0.25) is 0 Å². The molecule has 19 heavy (non-hydrogen) atoms. The Morgan fingerprint density at radius 1 is 1.21 bits per heavy atom. The van der Waals surface area contributed by atoms with Crippen molar-refractivity contribution in [2.75, 3.05) is 0 Å². The molecule has 4 nitrogen and oxygen atoms in total. The van der Waals surface area contributed by atoms with E-state index >= 15 is 0 Å². The molecule has 0 N–H and O–H groups in total. The minimum atomic E-state index is -4.50. The molecule has 2 aromatic heterocycles. The summed E-state index contributed by atoms with van der Waals surface area (Å²) in [7, 11) is 0. The summed E-state index contributed by atoms with van der Waals surface area (Å²) in [6.07, 6.45) is -0.261. The Morgan fingerprint density at radius 2 is 2.05 bits per heavy atom. The molecule has 98 valence electrons. The summed E-state index contributed by atoms with van der Waals surface area (Å²) in [4.78, 5) is 11.7. The van der Waals surface area contributed by atoms with Crippen LogP contribution in [0.2, 0.25) is 0 Å². The molecule has 3 rings (SSSR count). The summed E-state index contributed by atoms with van der Waals surface area (Å²) in [5, 5.41) is 0. The van der Waals surface area contributed by atoms with Crippen LogP contribution < -0.4 is 0 Å². The van der Waals surface area contributed by atoms with Gasteiger partial charge < -0.3 is 4.42 Å². The molecule has 0 aliphatic carbocycles. The summed E-state index contributed by atoms with van der Waals surface area (Å²) in [5.41, 5.74) is -0.0431. The van der Waals surface area contributed by atoms with Gasteiger partial charge in [-0.2, -0.15) is 13.2 Å². The highest BCUT2D eigenvalue weighted by Crippen LogP contribution is 2.34. The maximum Gasteiger partial charge on any atom is 0.433 e. The summed E-state index contributed by atoms with van der Waals surface area (Å²) in [6, 6.07) is 1.52. The van der Waals surface area contributed by atoms with Crippen LogP contribution in [0.25, 0.3) is 11.4 Å². The van der Waals surface area contributed by atoms with Crippen molar-refractivity contribution in [3.05, 3.63) is 35.5 Å². The largest absolute Gasteiger partial charge is 0.472 e.